The Hall–Kier alpha value is -1.23. The predicted octanol–water partition coefficient (Wildman–Crippen LogP) is 3.91. The Kier molecular flexibility index (Phi) is 20.2. The topological polar surface area (TPSA) is 150 Å². The van der Waals surface area contributed by atoms with E-state index in [0.717, 1.165) is 57.8 Å². The zero-order valence-electron chi connectivity index (χ0n) is 21.8. The number of hydrogen-bond acceptors (Lipinski definition) is 7. The second-order valence-electron chi connectivity index (χ2n) is 9.43. The van der Waals surface area contributed by atoms with Gasteiger partial charge in [-0.1, -0.05) is 58.8 Å². The highest BCUT2D eigenvalue weighted by Gasteiger charge is 2.19. The molecule has 0 aliphatic heterocycles. The van der Waals surface area contributed by atoms with Gasteiger partial charge in [-0.05, 0) is 44.9 Å². The van der Waals surface area contributed by atoms with Gasteiger partial charge in [-0.15, -0.1) is 0 Å². The molecule has 0 saturated carbocycles. The Morgan fingerprint density at radius 2 is 1.34 bits per heavy atom. The summed E-state index contributed by atoms with van der Waals surface area (Å²) in [6, 6.07) is 0. The van der Waals surface area contributed by atoms with Crippen LogP contribution in [0.5, 0.6) is 0 Å². The van der Waals surface area contributed by atoms with E-state index in [0.29, 0.717) is 32.1 Å². The Morgan fingerprint density at radius 1 is 0.800 bits per heavy atom. The van der Waals surface area contributed by atoms with Gasteiger partial charge in [0, 0.05) is 13.0 Å². The van der Waals surface area contributed by atoms with Crippen LogP contribution in [0.2, 0.25) is 0 Å². The van der Waals surface area contributed by atoms with E-state index in [4.69, 9.17) is 9.29 Å². The first-order valence-corrected chi connectivity index (χ1v) is 15.0. The number of rotatable bonds is 23. The van der Waals surface area contributed by atoms with Crippen LogP contribution in [0.3, 0.4) is 0 Å². The molecule has 0 heterocycles. The highest BCUT2D eigenvalue weighted by molar-refractivity contribution is 7.85. The fourth-order valence-electron chi connectivity index (χ4n) is 3.80. The maximum absolute atomic E-state index is 12.1. The van der Waals surface area contributed by atoms with Crippen molar-refractivity contribution in [2.75, 3.05) is 12.3 Å². The number of carbonyl (C=O) groups excluding carboxylic acids is 2. The average molecular weight is 524 g/mol. The monoisotopic (exact) mass is 523 g/mol. The molecule has 10 heteroatoms. The SMILES string of the molecule is CCCCCC(O)CCCCCC(O)CCCC(CC(=O)NCCS(=O)(=O)O)OC(=O)CCCC. The molecule has 0 bridgehead atoms. The minimum Gasteiger partial charge on any atom is -0.462 e. The molecular weight excluding hydrogens is 474 g/mol. The molecule has 0 aliphatic rings. The summed E-state index contributed by atoms with van der Waals surface area (Å²) < 4.78 is 35.8. The second kappa shape index (κ2) is 20.9. The zero-order valence-corrected chi connectivity index (χ0v) is 22.6. The third-order valence-corrected chi connectivity index (χ3v) is 6.63. The number of aliphatic hydroxyl groups excluding tert-OH is 2. The molecule has 0 rings (SSSR count). The number of carbonyl (C=O) groups is 2. The summed E-state index contributed by atoms with van der Waals surface area (Å²) in [6.45, 7) is 3.89. The van der Waals surface area contributed by atoms with Crippen molar-refractivity contribution in [1.29, 1.82) is 0 Å². The fraction of sp³-hybridized carbons (Fsp3) is 0.920. The van der Waals surface area contributed by atoms with Crippen LogP contribution in [0, 0.1) is 0 Å². The maximum atomic E-state index is 12.1. The molecule has 0 spiro atoms. The third kappa shape index (κ3) is 22.9. The van der Waals surface area contributed by atoms with Crippen molar-refractivity contribution in [3.05, 3.63) is 0 Å². The van der Waals surface area contributed by atoms with E-state index >= 15 is 0 Å². The van der Waals surface area contributed by atoms with Crippen molar-refractivity contribution in [2.45, 2.75) is 135 Å². The van der Waals surface area contributed by atoms with Gasteiger partial charge in [-0.25, -0.2) is 0 Å². The molecule has 9 nitrogen and oxygen atoms in total. The molecule has 0 saturated heterocycles. The molecule has 3 unspecified atom stereocenters. The minimum atomic E-state index is -4.16. The van der Waals surface area contributed by atoms with Crippen LogP contribution >= 0.6 is 0 Å². The summed E-state index contributed by atoms with van der Waals surface area (Å²) in [4.78, 5) is 24.1. The molecule has 0 aromatic carbocycles. The highest BCUT2D eigenvalue weighted by atomic mass is 32.2. The normalized spacial score (nSPS) is 14.3. The molecule has 4 N–H and O–H groups in total. The molecule has 0 aliphatic carbocycles. The van der Waals surface area contributed by atoms with E-state index in [1.54, 1.807) is 0 Å². The van der Waals surface area contributed by atoms with Crippen LogP contribution in [0.4, 0.5) is 0 Å². The van der Waals surface area contributed by atoms with Gasteiger partial charge in [0.05, 0.1) is 24.4 Å². The largest absolute Gasteiger partial charge is 0.462 e. The van der Waals surface area contributed by atoms with Gasteiger partial charge < -0.3 is 20.3 Å². The fourth-order valence-corrected chi connectivity index (χ4v) is 4.16. The molecule has 35 heavy (non-hydrogen) atoms. The van der Waals surface area contributed by atoms with E-state index in [1.165, 1.54) is 0 Å². The zero-order chi connectivity index (χ0) is 26.5. The van der Waals surface area contributed by atoms with Crippen molar-refractivity contribution >= 4 is 22.0 Å². The number of nitrogens with one attached hydrogen (secondary N) is 1. The Morgan fingerprint density at radius 3 is 1.89 bits per heavy atom. The lowest BCUT2D eigenvalue weighted by atomic mass is 10.0. The number of unbranched alkanes of at least 4 members (excludes halogenated alkanes) is 5. The summed E-state index contributed by atoms with van der Waals surface area (Å²) in [5, 5.41) is 22.6. The van der Waals surface area contributed by atoms with E-state index in [2.05, 4.69) is 12.2 Å². The molecule has 1 amide bonds. The third-order valence-electron chi connectivity index (χ3n) is 5.91. The van der Waals surface area contributed by atoms with Crippen LogP contribution in [0.15, 0.2) is 0 Å². The first-order chi connectivity index (χ1) is 16.6. The standard InChI is InChI=1S/C25H49NO8S/c1-3-5-8-12-21(27)13-9-7-10-14-22(28)15-11-16-23(34-25(30)17-6-4-2)20-24(29)26-18-19-35(31,32)33/h21-23,27-28H,3-20H2,1-2H3,(H,26,29)(H,31,32,33). The van der Waals surface area contributed by atoms with Gasteiger partial charge in [0.15, 0.2) is 0 Å². The number of ether oxygens (including phenoxy) is 1. The van der Waals surface area contributed by atoms with Crippen LogP contribution in [0.25, 0.3) is 0 Å². The van der Waals surface area contributed by atoms with Crippen molar-refractivity contribution in [2.24, 2.45) is 0 Å². The number of hydrogen-bond donors (Lipinski definition) is 4. The second-order valence-corrected chi connectivity index (χ2v) is 11.0. The van der Waals surface area contributed by atoms with Gasteiger partial charge in [-0.2, -0.15) is 8.42 Å². The van der Waals surface area contributed by atoms with Gasteiger partial charge in [0.1, 0.15) is 6.10 Å². The van der Waals surface area contributed by atoms with Gasteiger partial charge in [0.2, 0.25) is 5.91 Å². The molecule has 0 radical (unpaired) electrons. The van der Waals surface area contributed by atoms with E-state index in [1.807, 2.05) is 6.92 Å². The van der Waals surface area contributed by atoms with Crippen LogP contribution in [-0.4, -0.2) is 65.7 Å². The number of amides is 1. The van der Waals surface area contributed by atoms with Gasteiger partial charge in [-0.3, -0.25) is 14.1 Å². The smallest absolute Gasteiger partial charge is 0.306 e. The Labute approximate surface area is 212 Å². The minimum absolute atomic E-state index is 0.0972. The lowest BCUT2D eigenvalue weighted by Crippen LogP contribution is -2.33. The molecule has 0 fully saturated rings. The summed E-state index contributed by atoms with van der Waals surface area (Å²) in [5.41, 5.74) is 0. The number of aliphatic hydroxyl groups is 2. The highest BCUT2D eigenvalue weighted by Crippen LogP contribution is 2.17. The lowest BCUT2D eigenvalue weighted by Gasteiger charge is -2.19. The summed E-state index contributed by atoms with van der Waals surface area (Å²) in [7, 11) is -4.16. The molecule has 208 valence electrons. The lowest BCUT2D eigenvalue weighted by molar-refractivity contribution is -0.151. The van der Waals surface area contributed by atoms with Crippen molar-refractivity contribution in [1.82, 2.24) is 5.32 Å². The molecule has 0 aromatic heterocycles. The van der Waals surface area contributed by atoms with Crippen molar-refractivity contribution in [3.63, 3.8) is 0 Å². The summed E-state index contributed by atoms with van der Waals surface area (Å²) >= 11 is 0. The van der Waals surface area contributed by atoms with E-state index in [9.17, 15) is 28.2 Å². The molecule has 3 atom stereocenters. The van der Waals surface area contributed by atoms with E-state index in [-0.39, 0.29) is 31.5 Å². The quantitative estimate of drug-likeness (QED) is 0.0894. The Balaban J connectivity index is 4.27. The van der Waals surface area contributed by atoms with Crippen LogP contribution < -0.4 is 5.32 Å². The van der Waals surface area contributed by atoms with E-state index < -0.39 is 34.0 Å². The number of esters is 1. The molecular formula is C25H49NO8S. The Bertz CT molecular complexity index is 656. The van der Waals surface area contributed by atoms with Gasteiger partial charge >= 0.3 is 5.97 Å². The van der Waals surface area contributed by atoms with Crippen LogP contribution in [-0.2, 0) is 24.4 Å². The summed E-state index contributed by atoms with van der Waals surface area (Å²) in [6.07, 6.45) is 10.4. The van der Waals surface area contributed by atoms with Crippen molar-refractivity contribution < 1.29 is 37.5 Å². The maximum Gasteiger partial charge on any atom is 0.306 e. The van der Waals surface area contributed by atoms with Crippen molar-refractivity contribution in [3.8, 4) is 0 Å². The summed E-state index contributed by atoms with van der Waals surface area (Å²) in [5.74, 6) is -1.41. The molecule has 0 aromatic rings. The van der Waals surface area contributed by atoms with Crippen LogP contribution in [0.1, 0.15) is 117 Å². The average Bonchev–Trinajstić information content (AvgIpc) is 2.76. The van der Waals surface area contributed by atoms with Gasteiger partial charge in [0.25, 0.3) is 10.1 Å². The first kappa shape index (κ1) is 33.8. The first-order valence-electron chi connectivity index (χ1n) is 13.3. The predicted molar refractivity (Wildman–Crippen MR) is 137 cm³/mol.